The molecule has 20 heavy (non-hydrogen) atoms. The smallest absolute Gasteiger partial charge is 0.193 e. The highest BCUT2D eigenvalue weighted by Crippen LogP contribution is 2.38. The van der Waals surface area contributed by atoms with E-state index in [0.29, 0.717) is 11.0 Å². The third kappa shape index (κ3) is 2.26. The maximum atomic E-state index is 6.53. The molecule has 1 unspecified atom stereocenters. The summed E-state index contributed by atoms with van der Waals surface area (Å²) in [6.45, 7) is 0. The van der Waals surface area contributed by atoms with Crippen LogP contribution < -0.4 is 4.74 Å². The molecule has 0 aliphatic heterocycles. The molecule has 2 nitrogen and oxygen atoms in total. The maximum absolute atomic E-state index is 6.53. The van der Waals surface area contributed by atoms with E-state index in [1.165, 1.54) is 0 Å². The molecule has 2 aromatic carbocycles. The highest BCUT2D eigenvalue weighted by Gasteiger charge is 2.18. The van der Waals surface area contributed by atoms with Gasteiger partial charge in [-0.3, -0.25) is 0 Å². The summed E-state index contributed by atoms with van der Waals surface area (Å²) < 4.78 is 10.8. The van der Waals surface area contributed by atoms with E-state index in [1.807, 2.05) is 36.4 Å². The number of alkyl halides is 1. The summed E-state index contributed by atoms with van der Waals surface area (Å²) in [4.78, 5) is 0. The second-order valence-electron chi connectivity index (χ2n) is 4.41. The van der Waals surface area contributed by atoms with E-state index >= 15 is 0 Å². The lowest BCUT2D eigenvalue weighted by Gasteiger charge is -2.13. The minimum absolute atomic E-state index is 0.337. The van der Waals surface area contributed by atoms with Gasteiger partial charge in [0, 0.05) is 5.39 Å². The number of methoxy groups -OCH3 is 1. The average molecular weight is 307 g/mol. The van der Waals surface area contributed by atoms with Crippen molar-refractivity contribution < 1.29 is 9.15 Å². The number of rotatable bonds is 3. The second kappa shape index (κ2) is 5.39. The highest BCUT2D eigenvalue weighted by atomic mass is 35.5. The van der Waals surface area contributed by atoms with Crippen molar-refractivity contribution in [3.05, 3.63) is 65.1 Å². The Bertz CT molecular complexity index is 749. The summed E-state index contributed by atoms with van der Waals surface area (Å²) in [5.74, 6) is 1.46. The standard InChI is InChI=1S/C16H12Cl2O2/c1-19-13-7-6-12(10-4-2-3-5-11(10)13)16(18)14-8-9-15(17)20-14/h2-9,16H,1H3. The van der Waals surface area contributed by atoms with Crippen molar-refractivity contribution in [1.82, 2.24) is 0 Å². The number of hydrogen-bond acceptors (Lipinski definition) is 2. The molecule has 0 N–H and O–H groups in total. The summed E-state index contributed by atoms with van der Waals surface area (Å²) in [5, 5.41) is 2.01. The molecule has 0 amide bonds. The van der Waals surface area contributed by atoms with Gasteiger partial charge in [0.25, 0.3) is 0 Å². The van der Waals surface area contributed by atoms with Gasteiger partial charge in [-0.2, -0.15) is 0 Å². The summed E-state index contributed by atoms with van der Waals surface area (Å²) in [6, 6.07) is 15.3. The van der Waals surface area contributed by atoms with Gasteiger partial charge in [0.2, 0.25) is 0 Å². The van der Waals surface area contributed by atoms with Crippen molar-refractivity contribution in [3.8, 4) is 5.75 Å². The average Bonchev–Trinajstić information content (AvgIpc) is 2.92. The summed E-state index contributed by atoms with van der Waals surface area (Å²) >= 11 is 12.3. The molecule has 3 aromatic rings. The molecule has 3 rings (SSSR count). The molecule has 0 aliphatic rings. The van der Waals surface area contributed by atoms with Gasteiger partial charge in [0.1, 0.15) is 16.9 Å². The first-order valence-electron chi connectivity index (χ1n) is 6.15. The Morgan fingerprint density at radius 3 is 2.40 bits per heavy atom. The van der Waals surface area contributed by atoms with Crippen molar-refractivity contribution in [3.63, 3.8) is 0 Å². The van der Waals surface area contributed by atoms with Crippen molar-refractivity contribution in [2.24, 2.45) is 0 Å². The van der Waals surface area contributed by atoms with Crippen LogP contribution in [0, 0.1) is 0 Å². The van der Waals surface area contributed by atoms with Gasteiger partial charge >= 0.3 is 0 Å². The molecular formula is C16H12Cl2O2. The molecule has 0 radical (unpaired) electrons. The van der Waals surface area contributed by atoms with Crippen LogP contribution in [0.3, 0.4) is 0 Å². The number of benzene rings is 2. The number of hydrogen-bond donors (Lipinski definition) is 0. The molecule has 102 valence electrons. The molecule has 0 fully saturated rings. The van der Waals surface area contributed by atoms with Crippen LogP contribution in [0.1, 0.15) is 16.7 Å². The fraction of sp³-hybridized carbons (Fsp3) is 0.125. The van der Waals surface area contributed by atoms with Gasteiger partial charge in [-0.1, -0.05) is 30.3 Å². The molecule has 1 atom stereocenters. The highest BCUT2D eigenvalue weighted by molar-refractivity contribution is 6.29. The first kappa shape index (κ1) is 13.3. The zero-order chi connectivity index (χ0) is 14.1. The SMILES string of the molecule is COc1ccc(C(Cl)c2ccc(Cl)o2)c2ccccc12. The fourth-order valence-corrected chi connectivity index (χ4v) is 2.77. The van der Waals surface area contributed by atoms with Crippen molar-refractivity contribution in [2.45, 2.75) is 5.38 Å². The summed E-state index contributed by atoms with van der Waals surface area (Å²) in [6.07, 6.45) is 0. The van der Waals surface area contributed by atoms with Crippen molar-refractivity contribution in [1.29, 1.82) is 0 Å². The Balaban J connectivity index is 2.17. The molecule has 0 saturated heterocycles. The normalized spacial score (nSPS) is 12.6. The Morgan fingerprint density at radius 1 is 1.00 bits per heavy atom. The fourth-order valence-electron chi connectivity index (χ4n) is 2.31. The minimum Gasteiger partial charge on any atom is -0.496 e. The first-order valence-corrected chi connectivity index (χ1v) is 6.97. The van der Waals surface area contributed by atoms with E-state index in [1.54, 1.807) is 19.2 Å². The lowest BCUT2D eigenvalue weighted by atomic mass is 10.00. The maximum Gasteiger partial charge on any atom is 0.193 e. The number of halogens is 2. The topological polar surface area (TPSA) is 22.4 Å². The third-order valence-corrected chi connectivity index (χ3v) is 3.91. The number of furan rings is 1. The largest absolute Gasteiger partial charge is 0.496 e. The van der Waals surface area contributed by atoms with Crippen molar-refractivity contribution >= 4 is 34.0 Å². The number of fused-ring (bicyclic) bond motifs is 1. The van der Waals surface area contributed by atoms with Crippen LogP contribution in [-0.4, -0.2) is 7.11 Å². The molecule has 0 bridgehead atoms. The van der Waals surface area contributed by atoms with Gasteiger partial charge in [0.15, 0.2) is 5.22 Å². The van der Waals surface area contributed by atoms with Crippen LogP contribution in [0.4, 0.5) is 0 Å². The van der Waals surface area contributed by atoms with Gasteiger partial charge in [-0.05, 0) is 40.7 Å². The van der Waals surface area contributed by atoms with Crippen LogP contribution in [0.25, 0.3) is 10.8 Å². The lowest BCUT2D eigenvalue weighted by Crippen LogP contribution is -1.94. The molecular weight excluding hydrogens is 295 g/mol. The van der Waals surface area contributed by atoms with Crippen LogP contribution in [0.15, 0.2) is 52.9 Å². The molecule has 4 heteroatoms. The molecule has 0 saturated carbocycles. The molecule has 1 heterocycles. The van der Waals surface area contributed by atoms with E-state index in [9.17, 15) is 0 Å². The zero-order valence-corrected chi connectivity index (χ0v) is 12.3. The van der Waals surface area contributed by atoms with Gasteiger partial charge in [0.05, 0.1) is 7.11 Å². The minimum atomic E-state index is -0.390. The first-order chi connectivity index (χ1) is 9.70. The Kier molecular flexibility index (Phi) is 3.60. The summed E-state index contributed by atoms with van der Waals surface area (Å²) in [7, 11) is 1.66. The molecule has 0 aliphatic carbocycles. The Labute approximate surface area is 126 Å². The van der Waals surface area contributed by atoms with Crippen LogP contribution >= 0.6 is 23.2 Å². The lowest BCUT2D eigenvalue weighted by molar-refractivity contribution is 0.419. The van der Waals surface area contributed by atoms with Gasteiger partial charge < -0.3 is 9.15 Å². The quantitative estimate of drug-likeness (QED) is 0.603. The van der Waals surface area contributed by atoms with E-state index < -0.39 is 5.38 Å². The molecule has 1 aromatic heterocycles. The Hall–Kier alpha value is -1.64. The predicted molar refractivity (Wildman–Crippen MR) is 81.9 cm³/mol. The third-order valence-electron chi connectivity index (χ3n) is 3.25. The van der Waals surface area contributed by atoms with E-state index in [0.717, 1.165) is 22.1 Å². The zero-order valence-electron chi connectivity index (χ0n) is 10.8. The van der Waals surface area contributed by atoms with Crippen LogP contribution in [-0.2, 0) is 0 Å². The number of ether oxygens (including phenoxy) is 1. The van der Waals surface area contributed by atoms with Crippen molar-refractivity contribution in [2.75, 3.05) is 7.11 Å². The summed E-state index contributed by atoms with van der Waals surface area (Å²) in [5.41, 5.74) is 0.967. The predicted octanol–water partition coefficient (Wildman–Crippen LogP) is 5.42. The monoisotopic (exact) mass is 306 g/mol. The van der Waals surface area contributed by atoms with Crippen LogP contribution in [0.5, 0.6) is 5.75 Å². The van der Waals surface area contributed by atoms with Crippen LogP contribution in [0.2, 0.25) is 5.22 Å². The van der Waals surface area contributed by atoms with Gasteiger partial charge in [-0.15, -0.1) is 11.6 Å². The van der Waals surface area contributed by atoms with E-state index in [2.05, 4.69) is 0 Å². The van der Waals surface area contributed by atoms with E-state index in [-0.39, 0.29) is 0 Å². The van der Waals surface area contributed by atoms with E-state index in [4.69, 9.17) is 32.4 Å². The van der Waals surface area contributed by atoms with Gasteiger partial charge in [-0.25, -0.2) is 0 Å². The molecule has 0 spiro atoms. The second-order valence-corrected chi connectivity index (χ2v) is 5.22. The Morgan fingerprint density at radius 2 is 1.75 bits per heavy atom.